The Morgan fingerprint density at radius 2 is 2.09 bits per heavy atom. The smallest absolute Gasteiger partial charge is 0.289 e. The molecule has 1 spiro atoms. The summed E-state index contributed by atoms with van der Waals surface area (Å²) in [6.07, 6.45) is 7.86. The van der Waals surface area contributed by atoms with Crippen molar-refractivity contribution < 1.29 is 9.21 Å². The lowest BCUT2D eigenvalue weighted by molar-refractivity contribution is 0.0767. The second-order valence-corrected chi connectivity index (χ2v) is 9.21. The van der Waals surface area contributed by atoms with Gasteiger partial charge in [0.2, 0.25) is 0 Å². The van der Waals surface area contributed by atoms with Gasteiger partial charge in [-0.15, -0.1) is 0 Å². The molecule has 1 aromatic carbocycles. The summed E-state index contributed by atoms with van der Waals surface area (Å²) in [5.41, 5.74) is 3.25. The van der Waals surface area contributed by atoms with E-state index < -0.39 is 0 Å². The molecule has 0 bridgehead atoms. The van der Waals surface area contributed by atoms with Gasteiger partial charge in [0.15, 0.2) is 5.76 Å². The number of furan rings is 1. The Kier molecular flexibility index (Phi) is 5.33. The van der Waals surface area contributed by atoms with Gasteiger partial charge in [0, 0.05) is 42.9 Å². The number of nitrogens with zero attached hydrogens (tertiary/aromatic N) is 2. The van der Waals surface area contributed by atoms with E-state index in [0.717, 1.165) is 59.4 Å². The number of hydrogen-bond donors (Lipinski definition) is 2. The van der Waals surface area contributed by atoms with Crippen LogP contribution in [0.25, 0.3) is 11.0 Å². The van der Waals surface area contributed by atoms with Crippen molar-refractivity contribution in [2.24, 2.45) is 0 Å². The van der Waals surface area contributed by atoms with E-state index in [1.807, 2.05) is 24.3 Å². The average Bonchev–Trinajstić information content (AvgIpc) is 3.21. The van der Waals surface area contributed by atoms with Gasteiger partial charge in [0.05, 0.1) is 22.1 Å². The van der Waals surface area contributed by atoms with Gasteiger partial charge in [-0.3, -0.25) is 9.78 Å². The fourth-order valence-electron chi connectivity index (χ4n) is 5.02. The van der Waals surface area contributed by atoms with Crippen LogP contribution in [0, 0.1) is 0 Å². The second kappa shape index (κ2) is 8.17. The highest BCUT2D eigenvalue weighted by molar-refractivity contribution is 6.34. The van der Waals surface area contributed by atoms with Crippen LogP contribution in [0.3, 0.4) is 0 Å². The molecule has 32 heavy (non-hydrogen) atoms. The summed E-state index contributed by atoms with van der Waals surface area (Å²) < 4.78 is 6.24. The van der Waals surface area contributed by atoms with Crippen LogP contribution in [-0.4, -0.2) is 29.4 Å². The van der Waals surface area contributed by atoms with Gasteiger partial charge in [-0.1, -0.05) is 43.5 Å². The van der Waals surface area contributed by atoms with Crippen molar-refractivity contribution in [1.29, 1.82) is 0 Å². The average molecular weight is 451 g/mol. The molecule has 5 rings (SSSR count). The molecule has 0 unspecified atom stereocenters. The molecule has 0 saturated heterocycles. The van der Waals surface area contributed by atoms with E-state index in [1.54, 1.807) is 24.2 Å². The molecule has 0 atom stereocenters. The highest BCUT2D eigenvalue weighted by atomic mass is 35.5. The van der Waals surface area contributed by atoms with Crippen LogP contribution in [0.15, 0.2) is 53.3 Å². The van der Waals surface area contributed by atoms with Crippen molar-refractivity contribution >= 4 is 34.2 Å². The minimum atomic E-state index is -0.276. The fourth-order valence-corrected chi connectivity index (χ4v) is 5.27. The van der Waals surface area contributed by atoms with Gasteiger partial charge in [-0.2, -0.15) is 0 Å². The van der Waals surface area contributed by atoms with E-state index in [0.29, 0.717) is 23.7 Å². The second-order valence-electron chi connectivity index (χ2n) is 8.81. The molecule has 1 fully saturated rings. The Morgan fingerprint density at radius 1 is 1.28 bits per heavy atom. The Morgan fingerprint density at radius 3 is 2.84 bits per heavy atom. The van der Waals surface area contributed by atoms with Crippen LogP contribution >= 0.6 is 11.6 Å². The molecular formula is C25H27ClN4O2. The number of fused-ring (bicyclic) bond motifs is 4. The third-order valence-electron chi connectivity index (χ3n) is 6.60. The van der Waals surface area contributed by atoms with Crippen LogP contribution in [0.5, 0.6) is 0 Å². The number of halogens is 1. The number of likely N-dealkylation sites (N-methyl/N-ethyl adjacent to an activating group) is 1. The lowest BCUT2D eigenvalue weighted by Crippen LogP contribution is -2.48. The van der Waals surface area contributed by atoms with E-state index >= 15 is 0 Å². The predicted molar refractivity (Wildman–Crippen MR) is 127 cm³/mol. The third-order valence-corrected chi connectivity index (χ3v) is 6.90. The van der Waals surface area contributed by atoms with E-state index in [1.165, 1.54) is 6.42 Å². The van der Waals surface area contributed by atoms with Gasteiger partial charge in [-0.25, -0.2) is 0 Å². The minimum Gasteiger partial charge on any atom is -0.450 e. The molecule has 6 nitrogen and oxygen atoms in total. The standard InChI is InChI=1S/C25H27ClN4O2/c1-16-28-22-19(26)14-17-15-20(24(31)30(2)13-9-18-8-4-7-12-27-18)32-23(17)21(22)25(29-16)10-5-3-6-11-25/h4,7-8,12,14-15,28-29H,1,3,5-6,9-11,13H2,2H3. The summed E-state index contributed by atoms with van der Waals surface area (Å²) in [5.74, 6) is 0.918. The SMILES string of the molecule is C=C1Nc2c(Cl)cc3cc(C(=O)N(C)CCc4ccccn4)oc3c2C2(CCCCC2)N1. The number of amides is 1. The largest absolute Gasteiger partial charge is 0.450 e. The first kappa shape index (κ1) is 20.9. The summed E-state index contributed by atoms with van der Waals surface area (Å²) in [6, 6.07) is 9.48. The van der Waals surface area contributed by atoms with Crippen molar-refractivity contribution in [3.8, 4) is 0 Å². The van der Waals surface area contributed by atoms with Crippen LogP contribution < -0.4 is 10.6 Å². The molecule has 2 aromatic heterocycles. The number of carbonyl (C=O) groups is 1. The summed E-state index contributed by atoms with van der Waals surface area (Å²) in [7, 11) is 1.79. The lowest BCUT2D eigenvalue weighted by Gasteiger charge is -2.44. The van der Waals surface area contributed by atoms with Crippen molar-refractivity contribution in [3.63, 3.8) is 0 Å². The number of carbonyl (C=O) groups excluding carboxylic acids is 1. The Labute approximate surface area is 192 Å². The van der Waals surface area contributed by atoms with E-state index in [2.05, 4.69) is 22.2 Å². The van der Waals surface area contributed by atoms with Crippen LogP contribution in [0.2, 0.25) is 5.02 Å². The van der Waals surface area contributed by atoms with Crippen molar-refractivity contribution in [2.45, 2.75) is 44.1 Å². The number of pyridine rings is 1. The molecular weight excluding hydrogens is 424 g/mol. The quantitative estimate of drug-likeness (QED) is 0.553. The summed E-state index contributed by atoms with van der Waals surface area (Å²) in [5, 5.41) is 8.33. The monoisotopic (exact) mass is 450 g/mol. The van der Waals surface area contributed by atoms with Crippen LogP contribution in [0.1, 0.15) is 53.9 Å². The first-order chi connectivity index (χ1) is 15.5. The fraction of sp³-hybridized carbons (Fsp3) is 0.360. The molecule has 3 aromatic rings. The van der Waals surface area contributed by atoms with Crippen molar-refractivity contribution in [1.82, 2.24) is 15.2 Å². The van der Waals surface area contributed by atoms with Crippen LogP contribution in [-0.2, 0) is 12.0 Å². The molecule has 1 aliphatic heterocycles. The Bertz CT molecular complexity index is 1180. The number of rotatable bonds is 4. The number of aromatic nitrogens is 1. The minimum absolute atomic E-state index is 0.152. The molecule has 166 valence electrons. The maximum atomic E-state index is 13.1. The van der Waals surface area contributed by atoms with Gasteiger partial charge in [0.1, 0.15) is 5.58 Å². The highest BCUT2D eigenvalue weighted by Crippen LogP contribution is 2.49. The number of benzene rings is 1. The number of anilines is 1. The lowest BCUT2D eigenvalue weighted by atomic mass is 9.74. The molecule has 0 radical (unpaired) electrons. The van der Waals surface area contributed by atoms with Crippen LogP contribution in [0.4, 0.5) is 5.69 Å². The Hall–Kier alpha value is -2.99. The molecule has 1 aliphatic carbocycles. The van der Waals surface area contributed by atoms with E-state index in [4.69, 9.17) is 16.0 Å². The zero-order valence-electron chi connectivity index (χ0n) is 18.2. The zero-order valence-corrected chi connectivity index (χ0v) is 19.0. The molecule has 7 heteroatoms. The zero-order chi connectivity index (χ0) is 22.3. The summed E-state index contributed by atoms with van der Waals surface area (Å²) in [4.78, 5) is 19.2. The highest BCUT2D eigenvalue weighted by Gasteiger charge is 2.42. The summed E-state index contributed by atoms with van der Waals surface area (Å²) in [6.45, 7) is 4.66. The van der Waals surface area contributed by atoms with Gasteiger partial charge < -0.3 is 20.0 Å². The third kappa shape index (κ3) is 3.62. The van der Waals surface area contributed by atoms with Gasteiger partial charge in [0.25, 0.3) is 5.91 Å². The molecule has 3 heterocycles. The Balaban J connectivity index is 1.50. The van der Waals surface area contributed by atoms with E-state index in [-0.39, 0.29) is 11.4 Å². The molecule has 1 saturated carbocycles. The maximum absolute atomic E-state index is 13.1. The van der Waals surface area contributed by atoms with E-state index in [9.17, 15) is 4.79 Å². The first-order valence-electron chi connectivity index (χ1n) is 11.1. The normalized spacial score (nSPS) is 17.0. The number of nitrogens with one attached hydrogen (secondary N) is 2. The number of hydrogen-bond acceptors (Lipinski definition) is 5. The van der Waals surface area contributed by atoms with Crippen molar-refractivity contribution in [2.75, 3.05) is 18.9 Å². The molecule has 2 N–H and O–H groups in total. The topological polar surface area (TPSA) is 70.4 Å². The molecule has 2 aliphatic rings. The summed E-state index contributed by atoms with van der Waals surface area (Å²) >= 11 is 6.68. The first-order valence-corrected chi connectivity index (χ1v) is 11.5. The van der Waals surface area contributed by atoms with Gasteiger partial charge in [-0.05, 0) is 37.1 Å². The van der Waals surface area contributed by atoms with Gasteiger partial charge >= 0.3 is 0 Å². The van der Waals surface area contributed by atoms with Crippen molar-refractivity contribution in [3.05, 3.63) is 71.0 Å². The maximum Gasteiger partial charge on any atom is 0.289 e. The molecule has 1 amide bonds. The predicted octanol–water partition coefficient (Wildman–Crippen LogP) is 5.44.